The summed E-state index contributed by atoms with van der Waals surface area (Å²) in [6, 6.07) is 19.0. The van der Waals surface area contributed by atoms with Gasteiger partial charge >= 0.3 is 5.97 Å². The highest BCUT2D eigenvalue weighted by Gasteiger charge is 2.13. The molecule has 0 heterocycles. The van der Waals surface area contributed by atoms with Crippen LogP contribution in [0.4, 0.5) is 0 Å². The van der Waals surface area contributed by atoms with Crippen molar-refractivity contribution in [2.75, 3.05) is 7.11 Å². The molecule has 7 heteroatoms. The summed E-state index contributed by atoms with van der Waals surface area (Å²) in [5.41, 5.74) is 4.73. The van der Waals surface area contributed by atoms with Gasteiger partial charge in [-0.3, -0.25) is 4.79 Å². The third kappa shape index (κ3) is 5.33. The van der Waals surface area contributed by atoms with Gasteiger partial charge in [-0.15, -0.1) is 0 Å². The Morgan fingerprint density at radius 1 is 1.03 bits per heavy atom. The quantitative estimate of drug-likeness (QED) is 0.246. The number of carbonyl (C=O) groups excluding carboxylic acids is 2. The van der Waals surface area contributed by atoms with E-state index in [0.717, 1.165) is 10.0 Å². The van der Waals surface area contributed by atoms with Crippen molar-refractivity contribution in [3.8, 4) is 11.5 Å². The number of nitrogens with zero attached hydrogens (tertiary/aromatic N) is 1. The zero-order valence-corrected chi connectivity index (χ0v) is 18.0. The largest absolute Gasteiger partial charge is 0.497 e. The van der Waals surface area contributed by atoms with Gasteiger partial charge in [0.2, 0.25) is 0 Å². The van der Waals surface area contributed by atoms with E-state index in [4.69, 9.17) is 9.47 Å². The number of rotatable bonds is 6. The van der Waals surface area contributed by atoms with Crippen LogP contribution < -0.4 is 14.9 Å². The molecular formula is C23H19BrN2O4. The van der Waals surface area contributed by atoms with Crippen molar-refractivity contribution in [3.63, 3.8) is 0 Å². The average molecular weight is 467 g/mol. The minimum absolute atomic E-state index is 0.328. The number of halogens is 1. The lowest BCUT2D eigenvalue weighted by molar-refractivity contribution is 0.0733. The normalized spacial score (nSPS) is 10.6. The molecule has 3 rings (SSSR count). The highest BCUT2D eigenvalue weighted by molar-refractivity contribution is 9.10. The van der Waals surface area contributed by atoms with E-state index in [2.05, 4.69) is 26.5 Å². The van der Waals surface area contributed by atoms with Crippen molar-refractivity contribution in [1.82, 2.24) is 5.43 Å². The molecule has 152 valence electrons. The first-order valence-corrected chi connectivity index (χ1v) is 9.82. The molecule has 30 heavy (non-hydrogen) atoms. The number of benzene rings is 3. The van der Waals surface area contributed by atoms with Gasteiger partial charge in [0.05, 0.1) is 18.9 Å². The van der Waals surface area contributed by atoms with Crippen LogP contribution >= 0.6 is 15.9 Å². The van der Waals surface area contributed by atoms with Crippen molar-refractivity contribution in [2.24, 2.45) is 5.10 Å². The zero-order valence-electron chi connectivity index (χ0n) is 16.4. The number of carbonyl (C=O) groups is 2. The van der Waals surface area contributed by atoms with Crippen LogP contribution in [-0.2, 0) is 0 Å². The van der Waals surface area contributed by atoms with Gasteiger partial charge in [-0.05, 0) is 61.0 Å². The maximum absolute atomic E-state index is 12.5. The van der Waals surface area contributed by atoms with Gasteiger partial charge in [0.15, 0.2) is 0 Å². The highest BCUT2D eigenvalue weighted by Crippen LogP contribution is 2.23. The molecule has 0 aliphatic carbocycles. The van der Waals surface area contributed by atoms with Gasteiger partial charge in [0, 0.05) is 15.6 Å². The topological polar surface area (TPSA) is 77.0 Å². The molecule has 0 saturated carbocycles. The molecule has 1 N–H and O–H groups in total. The van der Waals surface area contributed by atoms with Gasteiger partial charge < -0.3 is 9.47 Å². The number of amides is 1. The molecule has 0 unspecified atom stereocenters. The number of hydrogen-bond donors (Lipinski definition) is 1. The number of esters is 1. The van der Waals surface area contributed by atoms with Crippen molar-refractivity contribution in [1.29, 1.82) is 0 Å². The Kier molecular flexibility index (Phi) is 6.98. The van der Waals surface area contributed by atoms with Crippen molar-refractivity contribution in [3.05, 3.63) is 93.5 Å². The second-order valence-electron chi connectivity index (χ2n) is 6.31. The smallest absolute Gasteiger partial charge is 0.343 e. The first-order chi connectivity index (χ1) is 14.5. The minimum atomic E-state index is -0.465. The Bertz CT molecular complexity index is 1090. The summed E-state index contributed by atoms with van der Waals surface area (Å²) < 4.78 is 11.4. The molecule has 0 fully saturated rings. The van der Waals surface area contributed by atoms with Crippen molar-refractivity contribution in [2.45, 2.75) is 6.92 Å². The predicted molar refractivity (Wildman–Crippen MR) is 118 cm³/mol. The molecule has 0 saturated heterocycles. The third-order valence-electron chi connectivity index (χ3n) is 4.26. The Labute approximate surface area is 182 Å². The lowest BCUT2D eigenvalue weighted by Gasteiger charge is -2.09. The van der Waals surface area contributed by atoms with Gasteiger partial charge in [0.25, 0.3) is 5.91 Å². The molecule has 0 spiro atoms. The molecule has 0 aliphatic heterocycles. The Hall–Kier alpha value is -3.45. The van der Waals surface area contributed by atoms with Crippen LogP contribution in [0.2, 0.25) is 0 Å². The highest BCUT2D eigenvalue weighted by atomic mass is 79.9. The molecular weight excluding hydrogens is 448 g/mol. The molecule has 3 aromatic carbocycles. The van der Waals surface area contributed by atoms with Gasteiger partial charge in [-0.25, -0.2) is 10.2 Å². The second kappa shape index (κ2) is 9.84. The fourth-order valence-electron chi connectivity index (χ4n) is 2.64. The van der Waals surface area contributed by atoms with E-state index < -0.39 is 5.97 Å². The summed E-state index contributed by atoms with van der Waals surface area (Å²) in [5, 5.41) is 3.99. The maximum atomic E-state index is 12.5. The number of aryl methyl sites for hydroxylation is 1. The Balaban J connectivity index is 1.74. The molecule has 1 amide bonds. The molecule has 0 bridgehead atoms. The molecule has 3 aromatic rings. The van der Waals surface area contributed by atoms with Gasteiger partial charge in [-0.2, -0.15) is 5.10 Å². The molecule has 0 atom stereocenters. The Morgan fingerprint density at radius 2 is 1.77 bits per heavy atom. The van der Waals surface area contributed by atoms with Crippen molar-refractivity contribution < 1.29 is 19.1 Å². The van der Waals surface area contributed by atoms with Gasteiger partial charge in [0.1, 0.15) is 11.5 Å². The van der Waals surface area contributed by atoms with E-state index in [1.807, 2.05) is 19.1 Å². The fraction of sp³-hybridized carbons (Fsp3) is 0.0870. The van der Waals surface area contributed by atoms with E-state index in [0.29, 0.717) is 28.2 Å². The SMILES string of the molecule is COc1ccc(C(=O)N/N=C\c2cc(Br)ccc2OC(=O)c2ccccc2C)cc1. The summed E-state index contributed by atoms with van der Waals surface area (Å²) in [7, 11) is 1.56. The predicted octanol–water partition coefficient (Wildman–Crippen LogP) is 4.75. The summed E-state index contributed by atoms with van der Waals surface area (Å²) in [4.78, 5) is 24.8. The Morgan fingerprint density at radius 3 is 2.47 bits per heavy atom. The third-order valence-corrected chi connectivity index (χ3v) is 4.75. The second-order valence-corrected chi connectivity index (χ2v) is 7.23. The van der Waals surface area contributed by atoms with E-state index in [1.165, 1.54) is 6.21 Å². The summed E-state index contributed by atoms with van der Waals surface area (Å²) in [6.45, 7) is 1.84. The van der Waals surface area contributed by atoms with Crippen LogP contribution in [0.3, 0.4) is 0 Å². The van der Waals surface area contributed by atoms with Crippen LogP contribution in [0.25, 0.3) is 0 Å². The minimum Gasteiger partial charge on any atom is -0.497 e. The van der Waals surface area contributed by atoms with E-state index in [1.54, 1.807) is 61.7 Å². The van der Waals surface area contributed by atoms with E-state index in [-0.39, 0.29) is 5.91 Å². The summed E-state index contributed by atoms with van der Waals surface area (Å²) >= 11 is 3.39. The number of hydrazone groups is 1. The van der Waals surface area contributed by atoms with E-state index >= 15 is 0 Å². The first kappa shape index (κ1) is 21.3. The van der Waals surface area contributed by atoms with Crippen LogP contribution in [0.1, 0.15) is 31.8 Å². The standard InChI is InChI=1S/C23H19BrN2O4/c1-15-5-3-4-6-20(15)23(28)30-21-12-9-18(24)13-17(21)14-25-26-22(27)16-7-10-19(29-2)11-8-16/h3-14H,1-2H3,(H,26,27)/b25-14-. The molecule has 6 nitrogen and oxygen atoms in total. The number of hydrogen-bond acceptors (Lipinski definition) is 5. The molecule has 0 aromatic heterocycles. The number of nitrogens with one attached hydrogen (secondary N) is 1. The number of methoxy groups -OCH3 is 1. The monoisotopic (exact) mass is 466 g/mol. The van der Waals surface area contributed by atoms with E-state index in [9.17, 15) is 9.59 Å². The van der Waals surface area contributed by atoms with Crippen LogP contribution in [-0.4, -0.2) is 25.2 Å². The maximum Gasteiger partial charge on any atom is 0.343 e. The van der Waals surface area contributed by atoms with Crippen LogP contribution in [0, 0.1) is 6.92 Å². The van der Waals surface area contributed by atoms with Crippen LogP contribution in [0.15, 0.2) is 76.3 Å². The molecule has 0 radical (unpaired) electrons. The molecule has 0 aliphatic rings. The van der Waals surface area contributed by atoms with Crippen molar-refractivity contribution >= 4 is 34.0 Å². The lowest BCUT2D eigenvalue weighted by Crippen LogP contribution is -2.17. The number of ether oxygens (including phenoxy) is 2. The lowest BCUT2D eigenvalue weighted by atomic mass is 10.1. The summed E-state index contributed by atoms with van der Waals surface area (Å²) in [5.74, 6) is 0.146. The first-order valence-electron chi connectivity index (χ1n) is 9.03. The van der Waals surface area contributed by atoms with Crippen LogP contribution in [0.5, 0.6) is 11.5 Å². The zero-order chi connectivity index (χ0) is 21.5. The fourth-order valence-corrected chi connectivity index (χ4v) is 3.02. The summed E-state index contributed by atoms with van der Waals surface area (Å²) in [6.07, 6.45) is 1.42. The average Bonchev–Trinajstić information content (AvgIpc) is 2.75. The van der Waals surface area contributed by atoms with Gasteiger partial charge in [-0.1, -0.05) is 34.1 Å².